The molecule has 1 N–H and O–H groups in total. The third-order valence-corrected chi connectivity index (χ3v) is 4.03. The van der Waals surface area contributed by atoms with Crippen molar-refractivity contribution in [3.8, 4) is 6.07 Å². The average molecular weight is 311 g/mol. The Hall–Kier alpha value is -2.88. The highest BCUT2D eigenvalue weighted by molar-refractivity contribution is 5.67. The number of H-pyrrole nitrogens is 1. The van der Waals surface area contributed by atoms with Crippen molar-refractivity contribution < 1.29 is 9.53 Å². The molecule has 0 radical (unpaired) electrons. The van der Waals surface area contributed by atoms with Gasteiger partial charge in [0.25, 0.3) is 0 Å². The third-order valence-electron chi connectivity index (χ3n) is 4.03. The molecule has 118 valence electrons. The summed E-state index contributed by atoms with van der Waals surface area (Å²) in [4.78, 5) is 13.8. The number of aromatic amines is 1. The van der Waals surface area contributed by atoms with Gasteiger partial charge in [0.2, 0.25) is 0 Å². The largest absolute Gasteiger partial charge is 0.445 e. The molecule has 0 spiro atoms. The van der Waals surface area contributed by atoms with Gasteiger partial charge in [-0.3, -0.25) is 0 Å². The normalized spacial score (nSPS) is 15.2. The van der Waals surface area contributed by atoms with Gasteiger partial charge in [-0.1, -0.05) is 30.3 Å². The number of nitriles is 1. The Labute approximate surface area is 133 Å². The van der Waals surface area contributed by atoms with Gasteiger partial charge in [0.05, 0.1) is 0 Å². The van der Waals surface area contributed by atoms with Gasteiger partial charge in [-0.15, -0.1) is 5.10 Å². The maximum absolute atomic E-state index is 12.1. The first kappa shape index (κ1) is 15.0. The lowest BCUT2D eigenvalue weighted by Crippen LogP contribution is -2.38. The summed E-state index contributed by atoms with van der Waals surface area (Å²) in [5, 5.41) is 19.4. The van der Waals surface area contributed by atoms with Crippen molar-refractivity contribution in [2.24, 2.45) is 0 Å². The number of rotatable bonds is 3. The van der Waals surface area contributed by atoms with Gasteiger partial charge in [-0.05, 0) is 18.4 Å². The van der Waals surface area contributed by atoms with Crippen LogP contribution < -0.4 is 0 Å². The van der Waals surface area contributed by atoms with E-state index in [4.69, 9.17) is 10.00 Å². The summed E-state index contributed by atoms with van der Waals surface area (Å²) in [5.74, 6) is 0.154. The maximum Gasteiger partial charge on any atom is 0.410 e. The van der Waals surface area contributed by atoms with Crippen LogP contribution in [-0.4, -0.2) is 39.5 Å². The predicted molar refractivity (Wildman–Crippen MR) is 81.3 cm³/mol. The fourth-order valence-electron chi connectivity index (χ4n) is 2.75. The lowest BCUT2D eigenvalue weighted by atomic mass is 9.93. The minimum Gasteiger partial charge on any atom is -0.445 e. The third kappa shape index (κ3) is 3.48. The smallest absolute Gasteiger partial charge is 0.410 e. The standard InChI is InChI=1S/C16H17N5O2/c17-10-14-15(19-20-18-14)13-6-8-21(9-7-13)16(22)23-11-12-4-2-1-3-5-12/h1-5,13H,6-9,11H2,(H,18,19,20). The molecule has 1 amide bonds. The Bertz CT molecular complexity index is 699. The monoisotopic (exact) mass is 311 g/mol. The van der Waals surface area contributed by atoms with Gasteiger partial charge in [0.1, 0.15) is 18.4 Å². The summed E-state index contributed by atoms with van der Waals surface area (Å²) >= 11 is 0. The average Bonchev–Trinajstić information content (AvgIpc) is 3.09. The molecule has 0 bridgehead atoms. The molecule has 23 heavy (non-hydrogen) atoms. The highest BCUT2D eigenvalue weighted by Crippen LogP contribution is 2.28. The predicted octanol–water partition coefficient (Wildman–Crippen LogP) is 2.19. The second-order valence-electron chi connectivity index (χ2n) is 5.47. The summed E-state index contributed by atoms with van der Waals surface area (Å²) in [6.07, 6.45) is 1.21. The van der Waals surface area contributed by atoms with Gasteiger partial charge in [0.15, 0.2) is 5.69 Å². The number of amides is 1. The molecule has 2 heterocycles. The molecular weight excluding hydrogens is 294 g/mol. The fraction of sp³-hybridized carbons (Fsp3) is 0.375. The number of hydrogen-bond acceptors (Lipinski definition) is 5. The highest BCUT2D eigenvalue weighted by Gasteiger charge is 2.28. The van der Waals surface area contributed by atoms with Crippen LogP contribution in [-0.2, 0) is 11.3 Å². The summed E-state index contributed by atoms with van der Waals surface area (Å²) < 4.78 is 5.34. The molecule has 1 saturated heterocycles. The van der Waals surface area contributed by atoms with Crippen molar-refractivity contribution in [3.05, 3.63) is 47.3 Å². The topological polar surface area (TPSA) is 94.9 Å². The van der Waals surface area contributed by atoms with Gasteiger partial charge in [-0.2, -0.15) is 15.6 Å². The van der Waals surface area contributed by atoms with Crippen LogP contribution in [0, 0.1) is 11.3 Å². The first-order chi connectivity index (χ1) is 11.3. The molecule has 2 aromatic rings. The van der Waals surface area contributed by atoms with Crippen molar-refractivity contribution in [2.45, 2.75) is 25.4 Å². The van der Waals surface area contributed by atoms with Crippen LogP contribution in [0.1, 0.15) is 35.7 Å². The molecule has 3 rings (SSSR count). The van der Waals surface area contributed by atoms with Gasteiger partial charge in [0, 0.05) is 19.0 Å². The summed E-state index contributed by atoms with van der Waals surface area (Å²) in [7, 11) is 0. The zero-order valence-electron chi connectivity index (χ0n) is 12.6. The van der Waals surface area contributed by atoms with E-state index >= 15 is 0 Å². The SMILES string of the molecule is N#Cc1n[nH]nc1C1CCN(C(=O)OCc2ccccc2)CC1. The summed E-state index contributed by atoms with van der Waals surface area (Å²) in [5.41, 5.74) is 2.01. The minimum absolute atomic E-state index is 0.154. The van der Waals surface area contributed by atoms with Crippen molar-refractivity contribution in [1.29, 1.82) is 5.26 Å². The number of likely N-dealkylation sites (tertiary alicyclic amines) is 1. The molecule has 7 heteroatoms. The molecule has 7 nitrogen and oxygen atoms in total. The zero-order valence-corrected chi connectivity index (χ0v) is 12.6. The second-order valence-corrected chi connectivity index (χ2v) is 5.47. The molecule has 0 aliphatic carbocycles. The van der Waals surface area contributed by atoms with Crippen molar-refractivity contribution in [2.75, 3.05) is 13.1 Å². The van der Waals surface area contributed by atoms with Crippen LogP contribution in [0.25, 0.3) is 0 Å². The van der Waals surface area contributed by atoms with Crippen molar-refractivity contribution >= 4 is 6.09 Å². The van der Waals surface area contributed by atoms with E-state index in [1.54, 1.807) is 4.90 Å². The van der Waals surface area contributed by atoms with E-state index in [1.165, 1.54) is 0 Å². The van der Waals surface area contributed by atoms with E-state index in [9.17, 15) is 4.79 Å². The Kier molecular flexibility index (Phi) is 4.52. The number of benzene rings is 1. The van der Waals surface area contributed by atoms with Crippen molar-refractivity contribution in [1.82, 2.24) is 20.3 Å². The first-order valence-corrected chi connectivity index (χ1v) is 7.54. The summed E-state index contributed by atoms with van der Waals surface area (Å²) in [6, 6.07) is 11.6. The van der Waals surface area contributed by atoms with E-state index < -0.39 is 0 Å². The molecule has 1 aliphatic rings. The van der Waals surface area contributed by atoms with Crippen LogP contribution >= 0.6 is 0 Å². The molecule has 0 atom stereocenters. The lowest BCUT2D eigenvalue weighted by molar-refractivity contribution is 0.0868. The van der Waals surface area contributed by atoms with Gasteiger partial charge in [-0.25, -0.2) is 4.79 Å². The van der Waals surface area contributed by atoms with E-state index in [-0.39, 0.29) is 18.6 Å². The maximum atomic E-state index is 12.1. The number of piperidine rings is 1. The summed E-state index contributed by atoms with van der Waals surface area (Å²) in [6.45, 7) is 1.47. The van der Waals surface area contributed by atoms with Crippen LogP contribution in [0.4, 0.5) is 4.79 Å². The van der Waals surface area contributed by atoms with Gasteiger partial charge < -0.3 is 9.64 Å². The Balaban J connectivity index is 1.51. The lowest BCUT2D eigenvalue weighted by Gasteiger charge is -2.30. The van der Waals surface area contributed by atoms with Crippen molar-refractivity contribution in [3.63, 3.8) is 0 Å². The molecule has 0 saturated carbocycles. The quantitative estimate of drug-likeness (QED) is 0.937. The second kappa shape index (κ2) is 6.92. The number of ether oxygens (including phenoxy) is 1. The molecule has 1 aromatic heterocycles. The molecule has 1 aromatic carbocycles. The number of nitrogens with zero attached hydrogens (tertiary/aromatic N) is 4. The zero-order chi connectivity index (χ0) is 16.1. The fourth-order valence-corrected chi connectivity index (χ4v) is 2.75. The van der Waals surface area contributed by atoms with Crippen LogP contribution in [0.3, 0.4) is 0 Å². The number of aromatic nitrogens is 3. The van der Waals surface area contributed by atoms with Gasteiger partial charge >= 0.3 is 6.09 Å². The van der Waals surface area contributed by atoms with E-state index in [0.29, 0.717) is 24.5 Å². The number of carbonyl (C=O) groups excluding carboxylic acids is 1. The van der Waals surface area contributed by atoms with Crippen LogP contribution in [0.15, 0.2) is 30.3 Å². The van der Waals surface area contributed by atoms with Crippen LogP contribution in [0.5, 0.6) is 0 Å². The molecule has 0 unspecified atom stereocenters. The first-order valence-electron chi connectivity index (χ1n) is 7.54. The number of nitrogens with one attached hydrogen (secondary N) is 1. The minimum atomic E-state index is -0.298. The van der Waals surface area contributed by atoms with E-state index in [0.717, 1.165) is 18.4 Å². The van der Waals surface area contributed by atoms with Crippen LogP contribution in [0.2, 0.25) is 0 Å². The number of hydrogen-bond donors (Lipinski definition) is 1. The Morgan fingerprint density at radius 2 is 2.04 bits per heavy atom. The molecule has 1 aliphatic heterocycles. The molecule has 1 fully saturated rings. The highest BCUT2D eigenvalue weighted by atomic mass is 16.6. The number of carbonyl (C=O) groups is 1. The Morgan fingerprint density at radius 1 is 1.30 bits per heavy atom. The Morgan fingerprint density at radius 3 is 2.74 bits per heavy atom. The van der Waals surface area contributed by atoms with E-state index in [2.05, 4.69) is 15.4 Å². The van der Waals surface area contributed by atoms with E-state index in [1.807, 2.05) is 36.4 Å². The molecular formula is C16H17N5O2.